The molecule has 0 spiro atoms. The van der Waals surface area contributed by atoms with Crippen molar-refractivity contribution in [3.63, 3.8) is 0 Å². The Hall–Kier alpha value is -1.61. The molecule has 0 fully saturated rings. The van der Waals surface area contributed by atoms with E-state index in [4.69, 9.17) is 0 Å². The smallest absolute Gasteiger partial charge is 0.251 e. The van der Waals surface area contributed by atoms with Gasteiger partial charge in [0, 0.05) is 17.0 Å². The second-order valence-corrected chi connectivity index (χ2v) is 6.31. The predicted octanol–water partition coefficient (Wildman–Crippen LogP) is 3.60. The van der Waals surface area contributed by atoms with Gasteiger partial charge in [0.25, 0.3) is 5.91 Å². The Kier molecular flexibility index (Phi) is 4.16. The number of carbonyl (C=O) groups is 1. The molecule has 20 heavy (non-hydrogen) atoms. The highest BCUT2D eigenvalue weighted by molar-refractivity contribution is 7.09. The van der Waals surface area contributed by atoms with Crippen LogP contribution in [0.5, 0.6) is 0 Å². The van der Waals surface area contributed by atoms with E-state index in [-0.39, 0.29) is 5.91 Å². The lowest BCUT2D eigenvalue weighted by molar-refractivity contribution is 0.0954. The Morgan fingerprint density at radius 1 is 1.15 bits per heavy atom. The largest absolute Gasteiger partial charge is 0.352 e. The Morgan fingerprint density at radius 2 is 2.00 bits per heavy atom. The van der Waals surface area contributed by atoms with Crippen LogP contribution in [0.25, 0.3) is 0 Å². The molecule has 2 aromatic rings. The molecule has 0 bridgehead atoms. The maximum atomic E-state index is 12.2. The van der Waals surface area contributed by atoms with Gasteiger partial charge in [-0.3, -0.25) is 4.79 Å². The summed E-state index contributed by atoms with van der Waals surface area (Å²) in [6, 6.07) is 10.3. The number of benzene rings is 1. The van der Waals surface area contributed by atoms with Gasteiger partial charge in [-0.2, -0.15) is 0 Å². The van der Waals surface area contributed by atoms with Crippen LogP contribution in [0, 0.1) is 0 Å². The molecule has 1 N–H and O–H groups in total. The van der Waals surface area contributed by atoms with Gasteiger partial charge >= 0.3 is 0 Å². The molecule has 1 aromatic heterocycles. The molecule has 3 rings (SSSR count). The molecule has 0 unspecified atom stereocenters. The normalized spacial score (nSPS) is 13.8. The van der Waals surface area contributed by atoms with Crippen LogP contribution in [0.3, 0.4) is 0 Å². The minimum atomic E-state index is 0.0509. The van der Waals surface area contributed by atoms with E-state index < -0.39 is 0 Å². The number of hydrogen-bond acceptors (Lipinski definition) is 2. The average Bonchev–Trinajstić information content (AvgIpc) is 3.00. The maximum absolute atomic E-state index is 12.2. The summed E-state index contributed by atoms with van der Waals surface area (Å²) in [4.78, 5) is 13.5. The van der Waals surface area contributed by atoms with E-state index in [0.717, 1.165) is 24.8 Å². The van der Waals surface area contributed by atoms with Crippen LogP contribution in [0.15, 0.2) is 35.7 Å². The number of fused-ring (bicyclic) bond motifs is 1. The molecule has 104 valence electrons. The molecule has 1 aliphatic rings. The topological polar surface area (TPSA) is 29.1 Å². The highest BCUT2D eigenvalue weighted by Crippen LogP contribution is 2.22. The van der Waals surface area contributed by atoms with Crippen molar-refractivity contribution in [1.29, 1.82) is 0 Å². The van der Waals surface area contributed by atoms with Gasteiger partial charge in [0.15, 0.2) is 0 Å². The maximum Gasteiger partial charge on any atom is 0.251 e. The van der Waals surface area contributed by atoms with E-state index in [2.05, 4.69) is 28.9 Å². The van der Waals surface area contributed by atoms with Crippen LogP contribution in [0.2, 0.25) is 0 Å². The number of amides is 1. The zero-order chi connectivity index (χ0) is 13.8. The van der Waals surface area contributed by atoms with Gasteiger partial charge in [0.05, 0.1) is 0 Å². The van der Waals surface area contributed by atoms with E-state index in [1.54, 1.807) is 11.3 Å². The summed E-state index contributed by atoms with van der Waals surface area (Å²) in [7, 11) is 0. The molecular weight excluding hydrogens is 266 g/mol. The van der Waals surface area contributed by atoms with Crippen molar-refractivity contribution >= 4 is 17.2 Å². The summed E-state index contributed by atoms with van der Waals surface area (Å²) >= 11 is 1.74. The van der Waals surface area contributed by atoms with Crippen LogP contribution in [0.1, 0.15) is 39.2 Å². The molecule has 0 radical (unpaired) electrons. The van der Waals surface area contributed by atoms with Crippen LogP contribution < -0.4 is 5.32 Å². The molecule has 0 atom stereocenters. The zero-order valence-corrected chi connectivity index (χ0v) is 12.3. The molecule has 1 amide bonds. The Bertz CT molecular complexity index is 589. The highest BCUT2D eigenvalue weighted by Gasteiger charge is 2.12. The van der Waals surface area contributed by atoms with Crippen molar-refractivity contribution < 1.29 is 4.79 Å². The van der Waals surface area contributed by atoms with Crippen LogP contribution in [-0.4, -0.2) is 12.5 Å². The third kappa shape index (κ3) is 3.10. The van der Waals surface area contributed by atoms with Gasteiger partial charge in [0.2, 0.25) is 0 Å². The molecule has 3 heteroatoms. The summed E-state index contributed by atoms with van der Waals surface area (Å²) in [5, 5.41) is 5.08. The van der Waals surface area contributed by atoms with Gasteiger partial charge in [-0.05, 0) is 66.8 Å². The number of hydrogen-bond donors (Lipinski definition) is 1. The second-order valence-electron chi connectivity index (χ2n) is 5.28. The molecule has 1 aliphatic carbocycles. The van der Waals surface area contributed by atoms with E-state index >= 15 is 0 Å². The zero-order valence-electron chi connectivity index (χ0n) is 11.5. The second kappa shape index (κ2) is 6.23. The molecule has 1 aromatic carbocycles. The van der Waals surface area contributed by atoms with Gasteiger partial charge in [0.1, 0.15) is 0 Å². The first-order valence-electron chi connectivity index (χ1n) is 7.25. The lowest BCUT2D eigenvalue weighted by Gasteiger charge is -2.16. The molecule has 2 nitrogen and oxygen atoms in total. The lowest BCUT2D eigenvalue weighted by atomic mass is 9.90. The Morgan fingerprint density at radius 3 is 2.80 bits per heavy atom. The molecular formula is C17H19NOS. The highest BCUT2D eigenvalue weighted by atomic mass is 32.1. The summed E-state index contributed by atoms with van der Waals surface area (Å²) in [5.74, 6) is 0.0509. The number of aryl methyl sites for hydroxylation is 2. The molecule has 0 saturated carbocycles. The van der Waals surface area contributed by atoms with Crippen molar-refractivity contribution in [2.45, 2.75) is 32.1 Å². The van der Waals surface area contributed by atoms with Gasteiger partial charge in [-0.1, -0.05) is 12.1 Å². The van der Waals surface area contributed by atoms with E-state index in [0.29, 0.717) is 6.54 Å². The molecule has 1 heterocycles. The lowest BCUT2D eigenvalue weighted by Crippen LogP contribution is -2.25. The fraction of sp³-hybridized carbons (Fsp3) is 0.353. The quantitative estimate of drug-likeness (QED) is 0.913. The van der Waals surface area contributed by atoms with Crippen molar-refractivity contribution in [2.24, 2.45) is 0 Å². The van der Waals surface area contributed by atoms with E-state index in [1.807, 2.05) is 12.1 Å². The van der Waals surface area contributed by atoms with Crippen molar-refractivity contribution in [3.8, 4) is 0 Å². The van der Waals surface area contributed by atoms with Gasteiger partial charge < -0.3 is 5.32 Å². The molecule has 0 saturated heterocycles. The van der Waals surface area contributed by atoms with Crippen molar-refractivity contribution in [2.75, 3.05) is 6.54 Å². The number of rotatable bonds is 4. The first kappa shape index (κ1) is 13.4. The summed E-state index contributed by atoms with van der Waals surface area (Å²) in [6.45, 7) is 0.705. The fourth-order valence-corrected chi connectivity index (χ4v) is 3.44. The number of carbonyl (C=O) groups excluding carboxylic acids is 1. The third-order valence-corrected chi connectivity index (χ3v) is 4.78. The van der Waals surface area contributed by atoms with E-state index in [9.17, 15) is 4.79 Å². The fourth-order valence-electron chi connectivity index (χ4n) is 2.73. The standard InChI is InChI=1S/C17H19NOS/c19-17(18-10-9-16-6-3-11-20-16)15-8-7-13-4-1-2-5-14(13)12-15/h3,6-8,11-12H,1-2,4-5,9-10H2,(H,18,19). The predicted molar refractivity (Wildman–Crippen MR) is 83.4 cm³/mol. The Labute approximate surface area is 123 Å². The number of nitrogens with one attached hydrogen (secondary N) is 1. The SMILES string of the molecule is O=C(NCCc1cccs1)c1ccc2c(c1)CCCC2. The van der Waals surface area contributed by atoms with Crippen LogP contribution in [0.4, 0.5) is 0 Å². The minimum Gasteiger partial charge on any atom is -0.352 e. The summed E-state index contributed by atoms with van der Waals surface area (Å²) in [5.41, 5.74) is 3.59. The van der Waals surface area contributed by atoms with E-state index in [1.165, 1.54) is 28.8 Å². The van der Waals surface area contributed by atoms with Gasteiger partial charge in [-0.25, -0.2) is 0 Å². The first-order chi connectivity index (χ1) is 9.83. The third-order valence-electron chi connectivity index (χ3n) is 3.85. The van der Waals surface area contributed by atoms with Gasteiger partial charge in [-0.15, -0.1) is 11.3 Å². The van der Waals surface area contributed by atoms with Crippen LogP contribution in [-0.2, 0) is 19.3 Å². The minimum absolute atomic E-state index is 0.0509. The Balaban J connectivity index is 1.59. The first-order valence-corrected chi connectivity index (χ1v) is 8.13. The van der Waals surface area contributed by atoms with Crippen molar-refractivity contribution in [1.82, 2.24) is 5.32 Å². The average molecular weight is 285 g/mol. The van der Waals surface area contributed by atoms with Crippen molar-refractivity contribution in [3.05, 3.63) is 57.3 Å². The number of thiophene rings is 1. The molecule has 0 aliphatic heterocycles. The summed E-state index contributed by atoms with van der Waals surface area (Å²) in [6.07, 6.45) is 5.71. The monoisotopic (exact) mass is 285 g/mol. The summed E-state index contributed by atoms with van der Waals surface area (Å²) < 4.78 is 0. The van der Waals surface area contributed by atoms with Crippen LogP contribution >= 0.6 is 11.3 Å².